The van der Waals surface area contributed by atoms with Crippen molar-refractivity contribution in [3.05, 3.63) is 128 Å². The van der Waals surface area contributed by atoms with Crippen LogP contribution in [0.4, 0.5) is 11.4 Å². The highest BCUT2D eigenvalue weighted by Crippen LogP contribution is 2.50. The Labute approximate surface area is 255 Å². The van der Waals surface area contributed by atoms with Gasteiger partial charge in [-0.3, -0.25) is 4.99 Å². The lowest BCUT2D eigenvalue weighted by molar-refractivity contribution is 0.267. The van der Waals surface area contributed by atoms with E-state index in [1.165, 1.54) is 22.4 Å². The minimum Gasteiger partial charge on any atom is -0.490 e. The molecule has 1 aliphatic heterocycles. The summed E-state index contributed by atoms with van der Waals surface area (Å²) < 4.78 is 12.8. The van der Waals surface area contributed by atoms with Crippen LogP contribution in [0.2, 0.25) is 5.02 Å². The van der Waals surface area contributed by atoms with Crippen molar-refractivity contribution in [2.45, 2.75) is 38.8 Å². The minimum absolute atomic E-state index is 0.270. The number of allylic oxidation sites excluding steroid dienone is 2. The minimum atomic E-state index is 0.270. The second-order valence-electron chi connectivity index (χ2n) is 10.6. The van der Waals surface area contributed by atoms with E-state index in [1.807, 2.05) is 49.5 Å². The van der Waals surface area contributed by atoms with Crippen LogP contribution in [0.15, 0.2) is 100 Å². The third kappa shape index (κ3) is 5.93. The number of aliphatic imine (C=N–C) groups is 1. The van der Waals surface area contributed by atoms with Crippen molar-refractivity contribution in [1.82, 2.24) is 0 Å². The molecule has 0 bridgehead atoms. The van der Waals surface area contributed by atoms with Crippen molar-refractivity contribution in [2.75, 3.05) is 11.9 Å². The standard InChI is InChI=1S/C35H32BrClN2O2/c1-3-40-33-19-23(18-30(36)35(33)41-21-25-7-4-5-10-31(25)37)20-38-26-14-12-24(13-15-26)34-28-9-6-8-27(28)29-17-22(2)11-16-32(29)39-34/h4-8,10-20,27-28,34,39H,3,9,21H2,1-2H3/t27-,28-,34+/m1/s1. The third-order valence-electron chi connectivity index (χ3n) is 7.79. The highest BCUT2D eigenvalue weighted by Gasteiger charge is 2.37. The van der Waals surface area contributed by atoms with Gasteiger partial charge >= 0.3 is 0 Å². The van der Waals surface area contributed by atoms with Gasteiger partial charge in [0.1, 0.15) is 6.61 Å². The van der Waals surface area contributed by atoms with Gasteiger partial charge in [0.15, 0.2) is 11.5 Å². The van der Waals surface area contributed by atoms with E-state index in [4.69, 9.17) is 26.1 Å². The van der Waals surface area contributed by atoms with Crippen LogP contribution in [0.1, 0.15) is 53.1 Å². The molecule has 0 amide bonds. The number of rotatable bonds is 8. The van der Waals surface area contributed by atoms with Crippen LogP contribution in [-0.2, 0) is 6.61 Å². The van der Waals surface area contributed by atoms with Crippen molar-refractivity contribution in [2.24, 2.45) is 10.9 Å². The van der Waals surface area contributed by atoms with Gasteiger partial charge in [0, 0.05) is 28.4 Å². The van der Waals surface area contributed by atoms with E-state index in [9.17, 15) is 0 Å². The first kappa shape index (κ1) is 27.6. The molecule has 41 heavy (non-hydrogen) atoms. The molecule has 4 aromatic carbocycles. The number of fused-ring (bicyclic) bond motifs is 3. The highest BCUT2D eigenvalue weighted by atomic mass is 79.9. The largest absolute Gasteiger partial charge is 0.490 e. The molecule has 208 valence electrons. The fourth-order valence-corrected chi connectivity index (χ4v) is 6.56. The summed E-state index contributed by atoms with van der Waals surface area (Å²) in [7, 11) is 0. The molecule has 0 unspecified atom stereocenters. The molecule has 0 aromatic heterocycles. The number of nitrogens with zero attached hydrogens (tertiary/aromatic N) is 1. The van der Waals surface area contributed by atoms with Gasteiger partial charge in [0.25, 0.3) is 0 Å². The Morgan fingerprint density at radius 2 is 1.85 bits per heavy atom. The second-order valence-corrected chi connectivity index (χ2v) is 11.8. The number of ether oxygens (including phenoxy) is 2. The molecule has 0 radical (unpaired) electrons. The Hall–Kier alpha value is -3.54. The second kappa shape index (κ2) is 12.1. The van der Waals surface area contributed by atoms with E-state index in [2.05, 4.69) is 82.8 Å². The molecular formula is C35H32BrClN2O2. The molecule has 6 heteroatoms. The smallest absolute Gasteiger partial charge is 0.175 e. The van der Waals surface area contributed by atoms with Crippen molar-refractivity contribution >= 4 is 45.1 Å². The lowest BCUT2D eigenvalue weighted by atomic mass is 9.76. The molecule has 4 aromatic rings. The van der Waals surface area contributed by atoms with E-state index in [0.29, 0.717) is 41.6 Å². The third-order valence-corrected chi connectivity index (χ3v) is 8.75. The molecule has 1 aliphatic carbocycles. The van der Waals surface area contributed by atoms with E-state index >= 15 is 0 Å². The predicted molar refractivity (Wildman–Crippen MR) is 172 cm³/mol. The van der Waals surface area contributed by atoms with Gasteiger partial charge in [-0.05, 0) is 95.2 Å². The van der Waals surface area contributed by atoms with Gasteiger partial charge in [-0.2, -0.15) is 0 Å². The first-order valence-electron chi connectivity index (χ1n) is 14.0. The summed E-state index contributed by atoms with van der Waals surface area (Å²) in [6.07, 6.45) is 7.67. The first-order chi connectivity index (χ1) is 20.0. The van der Waals surface area contributed by atoms with Crippen molar-refractivity contribution in [3.63, 3.8) is 0 Å². The summed E-state index contributed by atoms with van der Waals surface area (Å²) in [5.41, 5.74) is 7.98. The van der Waals surface area contributed by atoms with Crippen LogP contribution in [0, 0.1) is 12.8 Å². The van der Waals surface area contributed by atoms with Crippen LogP contribution >= 0.6 is 27.5 Å². The summed E-state index contributed by atoms with van der Waals surface area (Å²) in [5.74, 6) is 2.28. The normalized spacial score (nSPS) is 19.1. The zero-order valence-electron chi connectivity index (χ0n) is 23.1. The van der Waals surface area contributed by atoms with E-state index in [1.54, 1.807) is 0 Å². The first-order valence-corrected chi connectivity index (χ1v) is 15.2. The number of halogens is 2. The number of nitrogens with one attached hydrogen (secondary N) is 1. The van der Waals surface area contributed by atoms with Crippen LogP contribution in [0.25, 0.3) is 0 Å². The van der Waals surface area contributed by atoms with Crippen LogP contribution in [0.5, 0.6) is 11.5 Å². The molecule has 4 nitrogen and oxygen atoms in total. The van der Waals surface area contributed by atoms with Crippen LogP contribution < -0.4 is 14.8 Å². The number of benzene rings is 4. The molecule has 0 fully saturated rings. The Kier molecular flexibility index (Phi) is 8.18. The summed E-state index contributed by atoms with van der Waals surface area (Å²) >= 11 is 9.98. The number of aryl methyl sites for hydroxylation is 1. The van der Waals surface area contributed by atoms with Crippen molar-refractivity contribution in [1.29, 1.82) is 0 Å². The Morgan fingerprint density at radius 1 is 1.02 bits per heavy atom. The molecule has 6 rings (SSSR count). The average Bonchev–Trinajstić information content (AvgIpc) is 3.47. The number of hydrogen-bond donors (Lipinski definition) is 1. The van der Waals surface area contributed by atoms with Gasteiger partial charge in [-0.1, -0.05) is 71.8 Å². The van der Waals surface area contributed by atoms with Gasteiger partial charge in [-0.25, -0.2) is 0 Å². The zero-order chi connectivity index (χ0) is 28.3. The van der Waals surface area contributed by atoms with Gasteiger partial charge < -0.3 is 14.8 Å². The fourth-order valence-electron chi connectivity index (χ4n) is 5.79. The molecular weight excluding hydrogens is 596 g/mol. The van der Waals surface area contributed by atoms with Crippen molar-refractivity contribution < 1.29 is 9.47 Å². The topological polar surface area (TPSA) is 42.8 Å². The monoisotopic (exact) mass is 626 g/mol. The molecule has 3 atom stereocenters. The quantitative estimate of drug-likeness (QED) is 0.156. The van der Waals surface area contributed by atoms with E-state index in [0.717, 1.165) is 27.7 Å². The maximum Gasteiger partial charge on any atom is 0.175 e. The van der Waals surface area contributed by atoms with E-state index in [-0.39, 0.29) is 6.04 Å². The highest BCUT2D eigenvalue weighted by molar-refractivity contribution is 9.10. The van der Waals surface area contributed by atoms with E-state index < -0.39 is 0 Å². The Balaban J connectivity index is 1.18. The lowest BCUT2D eigenvalue weighted by Gasteiger charge is -2.37. The number of hydrogen-bond acceptors (Lipinski definition) is 4. The van der Waals surface area contributed by atoms with Crippen molar-refractivity contribution in [3.8, 4) is 11.5 Å². The Bertz CT molecular complexity index is 1620. The summed E-state index contributed by atoms with van der Waals surface area (Å²) in [5, 5.41) is 4.50. The Morgan fingerprint density at radius 3 is 2.66 bits per heavy atom. The van der Waals surface area contributed by atoms with Crippen LogP contribution in [0.3, 0.4) is 0 Å². The van der Waals surface area contributed by atoms with Gasteiger partial charge in [0.05, 0.1) is 22.8 Å². The molecule has 0 saturated heterocycles. The molecule has 1 N–H and O–H groups in total. The summed E-state index contributed by atoms with van der Waals surface area (Å²) in [6, 6.07) is 27.2. The fraction of sp³-hybridized carbons (Fsp3) is 0.229. The lowest BCUT2D eigenvalue weighted by Crippen LogP contribution is -2.29. The van der Waals surface area contributed by atoms with Gasteiger partial charge in [-0.15, -0.1) is 0 Å². The molecule has 1 heterocycles. The van der Waals surface area contributed by atoms with Gasteiger partial charge in [0.2, 0.25) is 0 Å². The maximum atomic E-state index is 6.31. The van der Waals surface area contributed by atoms with Crippen LogP contribution in [-0.4, -0.2) is 12.8 Å². The summed E-state index contributed by atoms with van der Waals surface area (Å²) in [4.78, 5) is 4.76. The number of anilines is 1. The molecule has 0 spiro atoms. The molecule has 0 saturated carbocycles. The molecule has 2 aliphatic rings. The average molecular weight is 628 g/mol. The zero-order valence-corrected chi connectivity index (χ0v) is 25.5. The maximum absolute atomic E-state index is 6.31. The summed E-state index contributed by atoms with van der Waals surface area (Å²) in [6.45, 7) is 4.99. The SMILES string of the molecule is CCOc1cc(C=Nc2ccc([C@@H]3Nc4ccc(C)cc4[C@@H]4C=CC[C@H]43)cc2)cc(Br)c1OCc1ccccc1Cl. The predicted octanol–water partition coefficient (Wildman–Crippen LogP) is 9.97.